The summed E-state index contributed by atoms with van der Waals surface area (Å²) in [5, 5.41) is 1.11. The van der Waals surface area contributed by atoms with Crippen molar-refractivity contribution in [1.29, 1.82) is 0 Å². The van der Waals surface area contributed by atoms with Crippen molar-refractivity contribution in [2.75, 3.05) is 26.2 Å². The van der Waals surface area contributed by atoms with Gasteiger partial charge in [0.25, 0.3) is 0 Å². The molecule has 7 heteroatoms. The zero-order chi connectivity index (χ0) is 19.8. The van der Waals surface area contributed by atoms with Crippen molar-refractivity contribution >= 4 is 22.7 Å². The largest absolute Gasteiger partial charge is 0.472 e. The summed E-state index contributed by atoms with van der Waals surface area (Å²) < 4.78 is 5.09. The van der Waals surface area contributed by atoms with E-state index >= 15 is 0 Å². The van der Waals surface area contributed by atoms with E-state index in [0.717, 1.165) is 35.1 Å². The van der Waals surface area contributed by atoms with Crippen LogP contribution in [0.3, 0.4) is 0 Å². The van der Waals surface area contributed by atoms with Crippen LogP contribution in [0.4, 0.5) is 0 Å². The quantitative estimate of drug-likeness (QED) is 0.680. The van der Waals surface area contributed by atoms with Gasteiger partial charge in [0, 0.05) is 49.9 Å². The van der Waals surface area contributed by atoms with E-state index in [-0.39, 0.29) is 18.4 Å². The molecule has 5 rings (SSSR count). The number of carbonyl (C=O) groups is 2. The minimum Gasteiger partial charge on any atom is -0.472 e. The molecule has 7 nitrogen and oxygen atoms in total. The van der Waals surface area contributed by atoms with Gasteiger partial charge in [-0.25, -0.2) is 0 Å². The predicted molar refractivity (Wildman–Crippen MR) is 107 cm³/mol. The van der Waals surface area contributed by atoms with Gasteiger partial charge in [-0.15, -0.1) is 0 Å². The Labute approximate surface area is 168 Å². The molecule has 2 aliphatic rings. The highest BCUT2D eigenvalue weighted by atomic mass is 16.3. The van der Waals surface area contributed by atoms with Crippen molar-refractivity contribution < 1.29 is 14.0 Å². The first-order chi connectivity index (χ1) is 14.2. The Morgan fingerprint density at radius 2 is 2.00 bits per heavy atom. The van der Waals surface area contributed by atoms with Gasteiger partial charge in [-0.05, 0) is 23.8 Å². The molecule has 3 aromatic rings. The van der Waals surface area contributed by atoms with Crippen molar-refractivity contribution in [3.05, 3.63) is 66.2 Å². The number of piperazine rings is 2. The Kier molecular flexibility index (Phi) is 4.52. The van der Waals surface area contributed by atoms with Gasteiger partial charge in [0.1, 0.15) is 12.6 Å². The van der Waals surface area contributed by atoms with E-state index in [4.69, 9.17) is 4.42 Å². The second kappa shape index (κ2) is 7.33. The molecule has 29 heavy (non-hydrogen) atoms. The lowest BCUT2D eigenvalue weighted by atomic mass is 10.0. The molecule has 2 fully saturated rings. The van der Waals surface area contributed by atoms with Crippen molar-refractivity contribution in [3.63, 3.8) is 0 Å². The van der Waals surface area contributed by atoms with Crippen molar-refractivity contribution in [1.82, 2.24) is 19.7 Å². The summed E-state index contributed by atoms with van der Waals surface area (Å²) >= 11 is 0. The number of amides is 2. The zero-order valence-electron chi connectivity index (χ0n) is 16.0. The van der Waals surface area contributed by atoms with E-state index < -0.39 is 6.04 Å². The van der Waals surface area contributed by atoms with Crippen LogP contribution in [0.15, 0.2) is 59.5 Å². The minimum absolute atomic E-state index is 0.00989. The molecule has 148 valence electrons. The van der Waals surface area contributed by atoms with Gasteiger partial charge in [-0.1, -0.05) is 18.2 Å². The van der Waals surface area contributed by atoms with Crippen LogP contribution < -0.4 is 0 Å². The molecular formula is C22H22N4O3. The van der Waals surface area contributed by atoms with Crippen LogP contribution in [0.2, 0.25) is 0 Å². The molecule has 2 aliphatic heterocycles. The van der Waals surface area contributed by atoms with Crippen LogP contribution >= 0.6 is 0 Å². The molecule has 0 spiro atoms. The Hall–Kier alpha value is -3.19. The van der Waals surface area contributed by atoms with Gasteiger partial charge < -0.3 is 14.2 Å². The summed E-state index contributed by atoms with van der Waals surface area (Å²) in [6.45, 7) is 3.17. The number of pyridine rings is 1. The van der Waals surface area contributed by atoms with Gasteiger partial charge >= 0.3 is 0 Å². The Bertz CT molecular complexity index is 1050. The SMILES string of the molecule is O=C1C2CN(Cc3ccc4cccnc4c3)CCN2C(=O)CN1Cc1ccoc1. The fraction of sp³-hybridized carbons (Fsp3) is 0.318. The maximum absolute atomic E-state index is 13.1. The molecule has 4 heterocycles. The van der Waals surface area contributed by atoms with E-state index in [0.29, 0.717) is 19.6 Å². The molecule has 0 bridgehead atoms. The topological polar surface area (TPSA) is 69.9 Å². The number of fused-ring (bicyclic) bond motifs is 2. The van der Waals surface area contributed by atoms with E-state index in [9.17, 15) is 9.59 Å². The van der Waals surface area contributed by atoms with E-state index in [2.05, 4.69) is 28.1 Å². The smallest absolute Gasteiger partial charge is 0.247 e. The van der Waals surface area contributed by atoms with Crippen LogP contribution in [0.25, 0.3) is 10.9 Å². The van der Waals surface area contributed by atoms with Gasteiger partial charge in [-0.3, -0.25) is 19.5 Å². The molecule has 1 unspecified atom stereocenters. The van der Waals surface area contributed by atoms with Crippen LogP contribution in [0.1, 0.15) is 11.1 Å². The summed E-state index contributed by atoms with van der Waals surface area (Å²) in [6, 6.07) is 11.7. The third kappa shape index (κ3) is 3.49. The lowest BCUT2D eigenvalue weighted by Gasteiger charge is -2.46. The average molecular weight is 390 g/mol. The van der Waals surface area contributed by atoms with E-state index in [1.54, 1.807) is 28.5 Å². The number of carbonyl (C=O) groups excluding carboxylic acids is 2. The fourth-order valence-electron chi connectivity index (χ4n) is 4.24. The normalized spacial score (nSPS) is 20.3. The predicted octanol–water partition coefficient (Wildman–Crippen LogP) is 1.88. The molecule has 2 aromatic heterocycles. The van der Waals surface area contributed by atoms with E-state index in [1.807, 2.05) is 18.2 Å². The number of aromatic nitrogens is 1. The summed E-state index contributed by atoms with van der Waals surface area (Å²) in [6.07, 6.45) is 5.00. The van der Waals surface area contributed by atoms with Crippen LogP contribution in [0, 0.1) is 0 Å². The third-order valence-electron chi connectivity index (χ3n) is 5.74. The first-order valence-electron chi connectivity index (χ1n) is 9.83. The Morgan fingerprint density at radius 1 is 1.07 bits per heavy atom. The highest BCUT2D eigenvalue weighted by Gasteiger charge is 2.42. The fourth-order valence-corrected chi connectivity index (χ4v) is 4.24. The Balaban J connectivity index is 1.30. The van der Waals surface area contributed by atoms with Crippen LogP contribution in [-0.4, -0.2) is 63.7 Å². The standard InChI is InChI=1S/C22H22N4O3/c27-21-14-25(12-17-5-9-29-15-17)22(28)20-13-24(7-8-26(20)21)11-16-3-4-18-2-1-6-23-19(18)10-16/h1-6,9-10,15,20H,7-8,11-14H2. The molecule has 2 amide bonds. The van der Waals surface area contributed by atoms with Crippen LogP contribution in [-0.2, 0) is 22.7 Å². The second-order valence-electron chi connectivity index (χ2n) is 7.69. The first kappa shape index (κ1) is 17.9. The van der Waals surface area contributed by atoms with E-state index in [1.165, 1.54) is 0 Å². The number of nitrogens with zero attached hydrogens (tertiary/aromatic N) is 4. The number of hydrogen-bond donors (Lipinski definition) is 0. The van der Waals surface area contributed by atoms with Gasteiger partial charge in [0.2, 0.25) is 11.8 Å². The monoisotopic (exact) mass is 390 g/mol. The maximum atomic E-state index is 13.1. The lowest BCUT2D eigenvalue weighted by molar-refractivity contribution is -0.160. The third-order valence-corrected chi connectivity index (χ3v) is 5.74. The first-order valence-corrected chi connectivity index (χ1v) is 9.83. The van der Waals surface area contributed by atoms with Crippen molar-refractivity contribution in [2.24, 2.45) is 0 Å². The molecule has 1 atom stereocenters. The maximum Gasteiger partial charge on any atom is 0.247 e. The number of rotatable bonds is 4. The van der Waals surface area contributed by atoms with Crippen molar-refractivity contribution in [2.45, 2.75) is 19.1 Å². The number of furan rings is 1. The number of benzene rings is 1. The van der Waals surface area contributed by atoms with Gasteiger partial charge in [0.05, 0.1) is 18.0 Å². The summed E-state index contributed by atoms with van der Waals surface area (Å²) in [5.41, 5.74) is 3.03. The molecule has 1 aromatic carbocycles. The van der Waals surface area contributed by atoms with Crippen molar-refractivity contribution in [3.8, 4) is 0 Å². The molecule has 2 saturated heterocycles. The highest BCUT2D eigenvalue weighted by Crippen LogP contribution is 2.22. The highest BCUT2D eigenvalue weighted by molar-refractivity contribution is 5.95. The second-order valence-corrected chi connectivity index (χ2v) is 7.69. The zero-order valence-corrected chi connectivity index (χ0v) is 16.0. The Morgan fingerprint density at radius 3 is 2.86 bits per heavy atom. The van der Waals surface area contributed by atoms with Crippen LogP contribution in [0.5, 0.6) is 0 Å². The van der Waals surface area contributed by atoms with Gasteiger partial charge in [-0.2, -0.15) is 0 Å². The molecular weight excluding hydrogens is 368 g/mol. The number of hydrogen-bond acceptors (Lipinski definition) is 5. The summed E-state index contributed by atoms with van der Waals surface area (Å²) in [7, 11) is 0. The molecule has 0 N–H and O–H groups in total. The molecule has 0 aliphatic carbocycles. The minimum atomic E-state index is -0.421. The lowest BCUT2D eigenvalue weighted by Crippen LogP contribution is -2.66. The molecule has 0 radical (unpaired) electrons. The summed E-state index contributed by atoms with van der Waals surface area (Å²) in [4.78, 5) is 35.7. The average Bonchev–Trinajstić information content (AvgIpc) is 3.25. The summed E-state index contributed by atoms with van der Waals surface area (Å²) in [5.74, 6) is 0.0309. The van der Waals surface area contributed by atoms with Gasteiger partial charge in [0.15, 0.2) is 0 Å². The molecule has 0 saturated carbocycles.